The number of ether oxygens (including phenoxy) is 4. The molecule has 2 amide bonds. The molecule has 4 aromatic carbocycles. The highest BCUT2D eigenvalue weighted by Gasteiger charge is 2.51. The van der Waals surface area contributed by atoms with Crippen LogP contribution in [0.3, 0.4) is 0 Å². The lowest BCUT2D eigenvalue weighted by Gasteiger charge is -2.44. The lowest BCUT2D eigenvalue weighted by atomic mass is 9.70. The molecule has 314 valence electrons. The maximum atomic E-state index is 13.1. The van der Waals surface area contributed by atoms with Gasteiger partial charge in [0, 0.05) is 53.9 Å². The zero-order chi connectivity index (χ0) is 42.0. The van der Waals surface area contributed by atoms with E-state index in [0.717, 1.165) is 28.0 Å². The first kappa shape index (κ1) is 43.5. The second-order valence-corrected chi connectivity index (χ2v) is 16.4. The summed E-state index contributed by atoms with van der Waals surface area (Å²) in [5, 5.41) is 22.8. The summed E-state index contributed by atoms with van der Waals surface area (Å²) in [5.41, 5.74) is 1.35. The van der Waals surface area contributed by atoms with Gasteiger partial charge in [-0.1, -0.05) is 84.9 Å². The molecule has 2 atom stereocenters. The Morgan fingerprint density at radius 1 is 0.576 bits per heavy atom. The predicted molar refractivity (Wildman–Crippen MR) is 224 cm³/mol. The van der Waals surface area contributed by atoms with Crippen LogP contribution in [0.15, 0.2) is 109 Å². The lowest BCUT2D eigenvalue weighted by molar-refractivity contribution is -0.206. The van der Waals surface area contributed by atoms with E-state index in [2.05, 4.69) is 0 Å². The maximum Gasteiger partial charge on any atom is 0.232 e. The van der Waals surface area contributed by atoms with Crippen LogP contribution in [0.4, 0.5) is 0 Å². The molecule has 0 bridgehead atoms. The Labute approximate surface area is 347 Å². The van der Waals surface area contributed by atoms with Crippen molar-refractivity contribution >= 4 is 17.6 Å². The standard InChI is InChI=1S/C25H31NO5.C23H27NO4/c1-26(2)23(27)22(24(28)12-14-25(15-13-24)30-16-17-31-25)20-8-10-21(11-9-20)29-18-19-6-4-3-5-7-19;1-24(2)22(26)21(23(27)14-12-19(25)13-15-23)18-8-10-20(11-9-18)28-16-17-6-4-3-5-7-17/h3-11,22,28H,12-18H2,1-2H3;3-11,21,27H,12-16H2,1-2H3. The summed E-state index contributed by atoms with van der Waals surface area (Å²) in [6.07, 6.45) is 3.30. The molecule has 2 N–H and O–H groups in total. The molecule has 0 aromatic heterocycles. The number of hydrogen-bond donors (Lipinski definition) is 2. The van der Waals surface area contributed by atoms with Crippen molar-refractivity contribution < 1.29 is 43.5 Å². The summed E-state index contributed by atoms with van der Waals surface area (Å²) in [6.45, 7) is 2.12. The highest BCUT2D eigenvalue weighted by molar-refractivity contribution is 5.86. The van der Waals surface area contributed by atoms with E-state index in [1.165, 1.54) is 4.90 Å². The molecule has 1 spiro atoms. The Hall–Kier alpha value is -5.07. The largest absolute Gasteiger partial charge is 0.489 e. The number of Topliss-reactive ketones (excluding diaryl/α,β-unsaturated/α-hetero) is 1. The van der Waals surface area contributed by atoms with Gasteiger partial charge < -0.3 is 39.0 Å². The van der Waals surface area contributed by atoms with Crippen molar-refractivity contribution in [1.29, 1.82) is 0 Å². The molecule has 7 rings (SSSR count). The van der Waals surface area contributed by atoms with E-state index in [1.54, 1.807) is 33.1 Å². The Morgan fingerprint density at radius 3 is 1.32 bits per heavy atom. The van der Waals surface area contributed by atoms with Gasteiger partial charge in [0.2, 0.25) is 11.8 Å². The van der Waals surface area contributed by atoms with Crippen LogP contribution in [0.25, 0.3) is 0 Å². The highest BCUT2D eigenvalue weighted by atomic mass is 16.7. The number of carbonyl (C=O) groups is 3. The van der Waals surface area contributed by atoms with E-state index in [9.17, 15) is 24.6 Å². The molecule has 1 aliphatic heterocycles. The zero-order valence-corrected chi connectivity index (χ0v) is 34.7. The first-order chi connectivity index (χ1) is 28.3. The summed E-state index contributed by atoms with van der Waals surface area (Å²) in [5.74, 6) is -0.624. The Kier molecular flexibility index (Phi) is 14.3. The molecule has 0 radical (unpaired) electrons. The number of nitrogens with zero attached hydrogens (tertiary/aromatic N) is 2. The van der Waals surface area contributed by atoms with Crippen LogP contribution in [0.5, 0.6) is 11.5 Å². The third-order valence-electron chi connectivity index (χ3n) is 11.7. The summed E-state index contributed by atoms with van der Waals surface area (Å²) < 4.78 is 23.3. The highest BCUT2D eigenvalue weighted by Crippen LogP contribution is 2.47. The third-order valence-corrected chi connectivity index (χ3v) is 11.7. The average Bonchev–Trinajstić information content (AvgIpc) is 3.72. The fraction of sp³-hybridized carbons (Fsp3) is 0.438. The Balaban J connectivity index is 0.000000199. The predicted octanol–water partition coefficient (Wildman–Crippen LogP) is 6.80. The van der Waals surface area contributed by atoms with E-state index in [0.29, 0.717) is 83.5 Å². The molecular formula is C48H58N2O9. The number of aliphatic hydroxyl groups is 2. The molecule has 1 heterocycles. The van der Waals surface area contributed by atoms with Gasteiger partial charge in [0.05, 0.1) is 36.3 Å². The van der Waals surface area contributed by atoms with Gasteiger partial charge >= 0.3 is 0 Å². The van der Waals surface area contributed by atoms with Crippen LogP contribution in [-0.2, 0) is 37.1 Å². The van der Waals surface area contributed by atoms with Crippen molar-refractivity contribution in [2.24, 2.45) is 0 Å². The zero-order valence-electron chi connectivity index (χ0n) is 34.7. The molecule has 1 saturated heterocycles. The Bertz CT molecular complexity index is 1960. The van der Waals surface area contributed by atoms with Crippen LogP contribution < -0.4 is 9.47 Å². The van der Waals surface area contributed by atoms with Gasteiger partial charge in [-0.25, -0.2) is 0 Å². The smallest absolute Gasteiger partial charge is 0.232 e. The van der Waals surface area contributed by atoms with Crippen molar-refractivity contribution in [1.82, 2.24) is 9.80 Å². The summed E-state index contributed by atoms with van der Waals surface area (Å²) in [6, 6.07) is 34.7. The molecule has 2 aliphatic carbocycles. The topological polar surface area (TPSA) is 135 Å². The van der Waals surface area contributed by atoms with E-state index in [-0.39, 0.29) is 17.6 Å². The quantitative estimate of drug-likeness (QED) is 0.159. The minimum Gasteiger partial charge on any atom is -0.489 e. The average molecular weight is 807 g/mol. The van der Waals surface area contributed by atoms with Gasteiger partial charge in [-0.3, -0.25) is 14.4 Å². The lowest BCUT2D eigenvalue weighted by Crippen LogP contribution is -2.50. The van der Waals surface area contributed by atoms with Gasteiger partial charge in [0.25, 0.3) is 0 Å². The van der Waals surface area contributed by atoms with Gasteiger partial charge in [-0.05, 0) is 72.2 Å². The first-order valence-corrected chi connectivity index (χ1v) is 20.5. The SMILES string of the molecule is CN(C)C(=O)C(c1ccc(OCc2ccccc2)cc1)C1(O)CCC(=O)CC1.CN(C)C(=O)C(c1ccc(OCc2ccccc2)cc1)C1(O)CCC2(CC1)OCCO2. The molecule has 3 aliphatic rings. The van der Waals surface area contributed by atoms with Gasteiger partial charge in [0.15, 0.2) is 5.79 Å². The number of rotatable bonds is 12. The Morgan fingerprint density at radius 2 is 0.949 bits per heavy atom. The molecular weight excluding hydrogens is 749 g/mol. The molecule has 2 unspecified atom stereocenters. The van der Waals surface area contributed by atoms with Crippen molar-refractivity contribution in [3.63, 3.8) is 0 Å². The first-order valence-electron chi connectivity index (χ1n) is 20.5. The molecule has 11 nitrogen and oxygen atoms in total. The fourth-order valence-corrected chi connectivity index (χ4v) is 8.27. The number of hydrogen-bond acceptors (Lipinski definition) is 9. The molecule has 59 heavy (non-hydrogen) atoms. The van der Waals surface area contributed by atoms with E-state index in [1.807, 2.05) is 109 Å². The number of ketones is 1. The summed E-state index contributed by atoms with van der Waals surface area (Å²) >= 11 is 0. The van der Waals surface area contributed by atoms with Crippen LogP contribution in [0, 0.1) is 0 Å². The van der Waals surface area contributed by atoms with E-state index < -0.39 is 28.8 Å². The summed E-state index contributed by atoms with van der Waals surface area (Å²) in [4.78, 5) is 40.7. The molecule has 11 heteroatoms. The molecule has 2 saturated carbocycles. The third kappa shape index (κ3) is 11.0. The van der Waals surface area contributed by atoms with E-state index in [4.69, 9.17) is 18.9 Å². The minimum absolute atomic E-state index is 0.107. The van der Waals surface area contributed by atoms with Gasteiger partial charge in [-0.2, -0.15) is 0 Å². The van der Waals surface area contributed by atoms with Gasteiger partial charge in [-0.15, -0.1) is 0 Å². The summed E-state index contributed by atoms with van der Waals surface area (Å²) in [7, 11) is 6.82. The van der Waals surface area contributed by atoms with Crippen LogP contribution in [0.2, 0.25) is 0 Å². The van der Waals surface area contributed by atoms with Crippen LogP contribution in [-0.4, -0.2) is 96.0 Å². The van der Waals surface area contributed by atoms with Crippen molar-refractivity contribution in [2.45, 2.75) is 93.4 Å². The molecule has 4 aromatic rings. The molecule has 3 fully saturated rings. The van der Waals surface area contributed by atoms with E-state index >= 15 is 0 Å². The second kappa shape index (κ2) is 19.3. The normalized spacial score (nSPS) is 18.8. The van der Waals surface area contributed by atoms with Crippen molar-refractivity contribution in [2.75, 3.05) is 41.4 Å². The number of likely N-dealkylation sites (N-methyl/N-ethyl adjacent to an activating group) is 2. The van der Waals surface area contributed by atoms with Crippen LogP contribution >= 0.6 is 0 Å². The maximum absolute atomic E-state index is 13.1. The number of benzene rings is 4. The van der Waals surface area contributed by atoms with Crippen molar-refractivity contribution in [3.05, 3.63) is 131 Å². The van der Waals surface area contributed by atoms with Gasteiger partial charge in [0.1, 0.15) is 30.5 Å². The number of carbonyl (C=O) groups excluding carboxylic acids is 3. The van der Waals surface area contributed by atoms with Crippen LogP contribution in [0.1, 0.15) is 85.5 Å². The second-order valence-electron chi connectivity index (χ2n) is 16.4. The fourth-order valence-electron chi connectivity index (χ4n) is 8.27. The monoisotopic (exact) mass is 806 g/mol. The minimum atomic E-state index is -1.21. The van der Waals surface area contributed by atoms with Crippen molar-refractivity contribution in [3.8, 4) is 11.5 Å². The number of amides is 2.